The number of nitrogens with one attached hydrogen (secondary N) is 4. The van der Waals surface area contributed by atoms with Crippen LogP contribution in [0.3, 0.4) is 0 Å². The Bertz CT molecular complexity index is 942. The fourth-order valence-corrected chi connectivity index (χ4v) is 3.09. The van der Waals surface area contributed by atoms with Crippen molar-refractivity contribution in [2.45, 2.75) is 66.2 Å². The molecule has 37 heavy (non-hydrogen) atoms. The first kappa shape index (κ1) is 31.4. The van der Waals surface area contributed by atoms with E-state index < -0.39 is 41.3 Å². The van der Waals surface area contributed by atoms with Gasteiger partial charge in [0.15, 0.2) is 0 Å². The summed E-state index contributed by atoms with van der Waals surface area (Å²) in [6.07, 6.45) is 0.565. The van der Waals surface area contributed by atoms with Gasteiger partial charge < -0.3 is 37.5 Å². The summed E-state index contributed by atoms with van der Waals surface area (Å²) in [4.78, 5) is 60.6. The van der Waals surface area contributed by atoms with Gasteiger partial charge in [-0.25, -0.2) is 4.79 Å². The predicted octanol–water partition coefficient (Wildman–Crippen LogP) is 0.747. The summed E-state index contributed by atoms with van der Waals surface area (Å²) in [6, 6.07) is 4.22. The fraction of sp³-hybridized carbons (Fsp3) is 0.560. The lowest BCUT2D eigenvalue weighted by Crippen LogP contribution is -2.55. The third kappa shape index (κ3) is 11.7. The van der Waals surface area contributed by atoms with Gasteiger partial charge >= 0.3 is 12.0 Å². The lowest BCUT2D eigenvalue weighted by molar-refractivity contribution is -0.154. The molecule has 0 saturated carbocycles. The highest BCUT2D eigenvalue weighted by molar-refractivity contribution is 5.98. The Balaban J connectivity index is 2.89. The van der Waals surface area contributed by atoms with Gasteiger partial charge in [0, 0.05) is 12.2 Å². The van der Waals surface area contributed by atoms with Crippen molar-refractivity contribution in [3.8, 4) is 0 Å². The van der Waals surface area contributed by atoms with E-state index in [2.05, 4.69) is 21.3 Å². The molecule has 0 spiro atoms. The molecule has 0 bridgehead atoms. The number of esters is 1. The van der Waals surface area contributed by atoms with Crippen LogP contribution in [0.25, 0.3) is 0 Å². The summed E-state index contributed by atoms with van der Waals surface area (Å²) in [5.41, 5.74) is 11.0. The number of primary amides is 1. The summed E-state index contributed by atoms with van der Waals surface area (Å²) < 4.78 is 5.29. The van der Waals surface area contributed by atoms with Crippen molar-refractivity contribution < 1.29 is 28.7 Å². The second-order valence-corrected chi connectivity index (χ2v) is 10.0. The molecule has 0 saturated heterocycles. The second kappa shape index (κ2) is 14.8. The number of nitrogens with two attached hydrogens (primary N) is 2. The van der Waals surface area contributed by atoms with E-state index in [4.69, 9.17) is 16.2 Å². The van der Waals surface area contributed by atoms with Crippen molar-refractivity contribution in [2.75, 3.05) is 18.4 Å². The van der Waals surface area contributed by atoms with Crippen LogP contribution in [-0.4, -0.2) is 54.9 Å². The summed E-state index contributed by atoms with van der Waals surface area (Å²) in [5.74, 6) is -2.08. The van der Waals surface area contributed by atoms with E-state index in [1.807, 2.05) is 0 Å². The lowest BCUT2D eigenvalue weighted by atomic mass is 9.97. The van der Waals surface area contributed by atoms with E-state index in [1.54, 1.807) is 58.9 Å². The summed E-state index contributed by atoms with van der Waals surface area (Å²) >= 11 is 0. The van der Waals surface area contributed by atoms with E-state index in [0.717, 1.165) is 5.56 Å². The fourth-order valence-electron chi connectivity index (χ4n) is 3.09. The van der Waals surface area contributed by atoms with Crippen LogP contribution in [0, 0.1) is 11.3 Å². The smallest absolute Gasteiger partial charge is 0.312 e. The van der Waals surface area contributed by atoms with E-state index in [-0.39, 0.29) is 38.0 Å². The number of amides is 5. The highest BCUT2D eigenvalue weighted by atomic mass is 16.5. The van der Waals surface area contributed by atoms with Gasteiger partial charge in [0.05, 0.1) is 12.0 Å². The van der Waals surface area contributed by atoms with Crippen molar-refractivity contribution in [3.05, 3.63) is 29.8 Å². The predicted molar refractivity (Wildman–Crippen MR) is 139 cm³/mol. The number of hydrogen-bond donors (Lipinski definition) is 6. The molecule has 0 aliphatic carbocycles. The van der Waals surface area contributed by atoms with Gasteiger partial charge in [-0.15, -0.1) is 0 Å². The quantitative estimate of drug-likeness (QED) is 0.163. The first-order valence-corrected chi connectivity index (χ1v) is 12.1. The highest BCUT2D eigenvalue weighted by Crippen LogP contribution is 2.17. The Hall–Kier alpha value is -3.67. The molecule has 206 valence electrons. The van der Waals surface area contributed by atoms with Crippen LogP contribution in [0.2, 0.25) is 0 Å². The van der Waals surface area contributed by atoms with Crippen LogP contribution in [0.1, 0.15) is 53.0 Å². The maximum Gasteiger partial charge on any atom is 0.312 e. The van der Waals surface area contributed by atoms with Crippen LogP contribution in [0.15, 0.2) is 24.3 Å². The Kier molecular flexibility index (Phi) is 12.5. The molecule has 5 amide bonds. The van der Waals surface area contributed by atoms with Gasteiger partial charge in [-0.3, -0.25) is 19.2 Å². The normalized spacial score (nSPS) is 12.7. The number of hydrogen-bond acceptors (Lipinski definition) is 7. The number of anilines is 1. The van der Waals surface area contributed by atoms with Crippen LogP contribution >= 0.6 is 0 Å². The number of benzene rings is 1. The second-order valence-electron chi connectivity index (χ2n) is 10.0. The molecule has 1 aromatic rings. The maximum absolute atomic E-state index is 13.0. The Morgan fingerprint density at radius 3 is 2.11 bits per heavy atom. The van der Waals surface area contributed by atoms with Gasteiger partial charge in [0.2, 0.25) is 17.7 Å². The molecule has 1 rings (SSSR count). The maximum atomic E-state index is 13.0. The molecule has 0 aromatic heterocycles. The first-order valence-electron chi connectivity index (χ1n) is 12.1. The molecular weight excluding hydrogens is 480 g/mol. The van der Waals surface area contributed by atoms with E-state index >= 15 is 0 Å². The van der Waals surface area contributed by atoms with E-state index in [0.29, 0.717) is 12.1 Å². The Morgan fingerprint density at radius 1 is 0.973 bits per heavy atom. The molecule has 0 fully saturated rings. The van der Waals surface area contributed by atoms with Crippen LogP contribution < -0.4 is 32.7 Å². The zero-order valence-corrected chi connectivity index (χ0v) is 22.2. The zero-order chi connectivity index (χ0) is 28.2. The molecule has 12 nitrogen and oxygen atoms in total. The van der Waals surface area contributed by atoms with Crippen LogP contribution in [-0.2, 0) is 30.5 Å². The number of urea groups is 1. The molecule has 2 atom stereocenters. The minimum absolute atomic E-state index is 0.0982. The first-order chi connectivity index (χ1) is 17.2. The van der Waals surface area contributed by atoms with Crippen LogP contribution in [0.5, 0.6) is 0 Å². The minimum Gasteiger partial charge on any atom is -0.460 e. The number of carbonyl (C=O) groups is 5. The summed E-state index contributed by atoms with van der Waals surface area (Å²) in [5, 5.41) is 10.4. The minimum atomic E-state index is -0.953. The van der Waals surface area contributed by atoms with Gasteiger partial charge in [0.1, 0.15) is 18.7 Å². The summed E-state index contributed by atoms with van der Waals surface area (Å²) in [7, 11) is 0. The van der Waals surface area contributed by atoms with Gasteiger partial charge in [-0.05, 0) is 57.2 Å². The molecular formula is C25H40N6O6. The summed E-state index contributed by atoms with van der Waals surface area (Å²) in [6.45, 7) is 8.86. The van der Waals surface area contributed by atoms with Crippen molar-refractivity contribution in [1.29, 1.82) is 0 Å². The molecule has 1 aromatic carbocycles. The third-order valence-electron chi connectivity index (χ3n) is 5.26. The van der Waals surface area contributed by atoms with E-state index in [9.17, 15) is 24.0 Å². The van der Waals surface area contributed by atoms with Gasteiger partial charge in [-0.1, -0.05) is 26.0 Å². The van der Waals surface area contributed by atoms with Gasteiger partial charge in [-0.2, -0.15) is 0 Å². The van der Waals surface area contributed by atoms with Gasteiger partial charge in [0.25, 0.3) is 0 Å². The van der Waals surface area contributed by atoms with E-state index in [1.165, 1.54) is 0 Å². The molecule has 0 aliphatic heterocycles. The molecule has 0 radical (unpaired) electrons. The lowest BCUT2D eigenvalue weighted by Gasteiger charge is -2.25. The van der Waals surface area contributed by atoms with Crippen molar-refractivity contribution in [2.24, 2.45) is 22.8 Å². The average Bonchev–Trinajstić information content (AvgIpc) is 2.82. The standard InChI is InChI=1S/C25H40N6O6/c1-15(2)20(31-19(32)13-26)22(34)30-18(7-6-12-28-24(27)36)21(33)29-17-10-8-16(9-11-17)14-37-23(35)25(3,4)5/h8-11,15,18,20H,6-7,12-14,26H2,1-5H3,(H,29,33)(H,30,34)(H,31,32)(H3,27,28,36). The highest BCUT2D eigenvalue weighted by Gasteiger charge is 2.28. The zero-order valence-electron chi connectivity index (χ0n) is 22.2. The molecule has 8 N–H and O–H groups in total. The number of ether oxygens (including phenoxy) is 1. The largest absolute Gasteiger partial charge is 0.460 e. The topological polar surface area (TPSA) is 195 Å². The number of carbonyl (C=O) groups excluding carboxylic acids is 5. The Labute approximate surface area is 217 Å². The monoisotopic (exact) mass is 520 g/mol. The van der Waals surface area contributed by atoms with Crippen molar-refractivity contribution >= 4 is 35.4 Å². The van der Waals surface area contributed by atoms with Crippen molar-refractivity contribution in [3.63, 3.8) is 0 Å². The molecule has 0 heterocycles. The SMILES string of the molecule is CC(C)C(NC(=O)CN)C(=O)NC(CCCNC(N)=O)C(=O)Nc1ccc(COC(=O)C(C)(C)C)cc1. The Morgan fingerprint density at radius 2 is 1.59 bits per heavy atom. The number of rotatable bonds is 13. The average molecular weight is 521 g/mol. The molecule has 2 unspecified atom stereocenters. The molecule has 12 heteroatoms. The third-order valence-corrected chi connectivity index (χ3v) is 5.26. The van der Waals surface area contributed by atoms with Crippen LogP contribution in [0.4, 0.5) is 10.5 Å². The molecule has 0 aliphatic rings. The van der Waals surface area contributed by atoms with Crippen molar-refractivity contribution in [1.82, 2.24) is 16.0 Å².